The van der Waals surface area contributed by atoms with Crippen molar-refractivity contribution in [3.05, 3.63) is 71.3 Å². The van der Waals surface area contributed by atoms with E-state index >= 15 is 0 Å². The molecule has 2 rings (SSSR count). The Hall–Kier alpha value is -2.17. The second-order valence-corrected chi connectivity index (χ2v) is 4.73. The van der Waals surface area contributed by atoms with Crippen LogP contribution < -0.4 is 0 Å². The van der Waals surface area contributed by atoms with Gasteiger partial charge in [-0.2, -0.15) is 0 Å². The van der Waals surface area contributed by atoms with Gasteiger partial charge in [-0.25, -0.2) is 5.06 Å². The second kappa shape index (κ2) is 8.19. The lowest BCUT2D eigenvalue weighted by molar-refractivity contribution is -0.181. The van der Waals surface area contributed by atoms with E-state index in [4.69, 9.17) is 9.94 Å². The fourth-order valence-corrected chi connectivity index (χ4v) is 1.97. The number of carbonyl (C=O) groups excluding carboxylic acids is 1. The molecule has 4 heteroatoms. The van der Waals surface area contributed by atoms with E-state index in [0.29, 0.717) is 26.0 Å². The molecule has 0 aliphatic rings. The third-order valence-electron chi connectivity index (χ3n) is 3.12. The minimum absolute atomic E-state index is 0.139. The highest BCUT2D eigenvalue weighted by atomic mass is 16.7. The van der Waals surface area contributed by atoms with Crippen LogP contribution in [0.5, 0.6) is 0 Å². The van der Waals surface area contributed by atoms with Crippen molar-refractivity contribution in [3.63, 3.8) is 0 Å². The Balaban J connectivity index is 1.88. The Morgan fingerprint density at radius 1 is 0.952 bits per heavy atom. The molecule has 0 saturated heterocycles. The summed E-state index contributed by atoms with van der Waals surface area (Å²) in [5.74, 6) is 0. The first-order valence-corrected chi connectivity index (χ1v) is 6.89. The Kier molecular flexibility index (Phi) is 5.94. The predicted molar refractivity (Wildman–Crippen MR) is 80.1 cm³/mol. The van der Waals surface area contributed by atoms with E-state index in [9.17, 15) is 4.79 Å². The molecule has 2 aromatic carbocycles. The summed E-state index contributed by atoms with van der Waals surface area (Å²) >= 11 is 0. The van der Waals surface area contributed by atoms with Crippen molar-refractivity contribution < 1.29 is 14.7 Å². The average Bonchev–Trinajstić information content (AvgIpc) is 2.54. The van der Waals surface area contributed by atoms with E-state index < -0.39 is 0 Å². The molecular formula is C17H19NO3. The standard InChI is InChI=1S/C17H19NO3/c19-11-10-15-6-8-16(9-7-15)12-18(14-20)21-13-17-4-2-1-3-5-17/h1-9,14,19H,10-13H2. The van der Waals surface area contributed by atoms with Crippen molar-refractivity contribution in [2.45, 2.75) is 19.6 Å². The molecule has 0 atom stereocenters. The monoisotopic (exact) mass is 285 g/mol. The number of rotatable bonds is 8. The molecule has 0 aliphatic heterocycles. The van der Waals surface area contributed by atoms with Crippen LogP contribution in [-0.4, -0.2) is 23.2 Å². The molecule has 110 valence electrons. The summed E-state index contributed by atoms with van der Waals surface area (Å²) in [6, 6.07) is 17.5. The molecule has 0 spiro atoms. The van der Waals surface area contributed by atoms with Gasteiger partial charge in [-0.15, -0.1) is 0 Å². The third kappa shape index (κ3) is 5.02. The maximum atomic E-state index is 11.1. The first kappa shape index (κ1) is 15.2. The predicted octanol–water partition coefficient (Wildman–Crippen LogP) is 2.31. The number of hydroxylamine groups is 2. The van der Waals surface area contributed by atoms with Crippen LogP contribution in [0, 0.1) is 0 Å². The van der Waals surface area contributed by atoms with Crippen LogP contribution in [0.1, 0.15) is 16.7 Å². The lowest BCUT2D eigenvalue weighted by Crippen LogP contribution is -2.21. The molecule has 21 heavy (non-hydrogen) atoms. The zero-order valence-corrected chi connectivity index (χ0v) is 11.8. The summed E-state index contributed by atoms with van der Waals surface area (Å²) in [5.41, 5.74) is 3.07. The van der Waals surface area contributed by atoms with Gasteiger partial charge in [0.25, 0.3) is 0 Å². The lowest BCUT2D eigenvalue weighted by atomic mass is 10.1. The number of amides is 1. The molecule has 0 radical (unpaired) electrons. The maximum Gasteiger partial charge on any atom is 0.233 e. The van der Waals surface area contributed by atoms with E-state index in [1.807, 2.05) is 54.6 Å². The van der Waals surface area contributed by atoms with Gasteiger partial charge in [0.1, 0.15) is 6.61 Å². The fourth-order valence-electron chi connectivity index (χ4n) is 1.97. The van der Waals surface area contributed by atoms with E-state index in [1.165, 1.54) is 5.06 Å². The van der Waals surface area contributed by atoms with Crippen molar-refractivity contribution in [2.24, 2.45) is 0 Å². The van der Waals surface area contributed by atoms with Gasteiger partial charge in [0.2, 0.25) is 6.41 Å². The molecule has 0 heterocycles. The van der Waals surface area contributed by atoms with Crippen molar-refractivity contribution in [1.82, 2.24) is 5.06 Å². The Bertz CT molecular complexity index is 540. The topological polar surface area (TPSA) is 49.8 Å². The highest BCUT2D eigenvalue weighted by Gasteiger charge is 2.04. The molecule has 4 nitrogen and oxygen atoms in total. The molecule has 0 aliphatic carbocycles. The average molecular weight is 285 g/mol. The quantitative estimate of drug-likeness (QED) is 0.598. The van der Waals surface area contributed by atoms with Gasteiger partial charge in [-0.05, 0) is 23.1 Å². The van der Waals surface area contributed by atoms with Gasteiger partial charge >= 0.3 is 0 Å². The largest absolute Gasteiger partial charge is 0.396 e. The molecule has 1 amide bonds. The Morgan fingerprint density at radius 2 is 1.62 bits per heavy atom. The Morgan fingerprint density at radius 3 is 2.24 bits per heavy atom. The molecule has 0 fully saturated rings. The van der Waals surface area contributed by atoms with Gasteiger partial charge in [0, 0.05) is 6.61 Å². The zero-order chi connectivity index (χ0) is 14.9. The van der Waals surface area contributed by atoms with Crippen LogP contribution >= 0.6 is 0 Å². The molecular weight excluding hydrogens is 266 g/mol. The molecule has 0 aromatic heterocycles. The van der Waals surface area contributed by atoms with Crippen molar-refractivity contribution in [1.29, 1.82) is 0 Å². The van der Waals surface area contributed by atoms with Gasteiger partial charge in [0.15, 0.2) is 0 Å². The first-order chi connectivity index (χ1) is 10.3. The number of benzene rings is 2. The first-order valence-electron chi connectivity index (χ1n) is 6.89. The summed E-state index contributed by atoms with van der Waals surface area (Å²) in [4.78, 5) is 16.6. The van der Waals surface area contributed by atoms with Gasteiger partial charge in [0.05, 0.1) is 6.54 Å². The van der Waals surface area contributed by atoms with Crippen LogP contribution in [-0.2, 0) is 29.2 Å². The maximum absolute atomic E-state index is 11.1. The van der Waals surface area contributed by atoms with Crippen LogP contribution in [0.2, 0.25) is 0 Å². The van der Waals surface area contributed by atoms with E-state index in [1.54, 1.807) is 0 Å². The number of hydrogen-bond donors (Lipinski definition) is 1. The Labute approximate surface area is 124 Å². The highest BCUT2D eigenvalue weighted by molar-refractivity contribution is 5.45. The van der Waals surface area contributed by atoms with E-state index in [-0.39, 0.29) is 6.61 Å². The summed E-state index contributed by atoms with van der Waals surface area (Å²) < 4.78 is 0. The normalized spacial score (nSPS) is 10.3. The number of carbonyl (C=O) groups is 1. The van der Waals surface area contributed by atoms with Crippen molar-refractivity contribution >= 4 is 6.41 Å². The second-order valence-electron chi connectivity index (χ2n) is 4.73. The summed E-state index contributed by atoms with van der Waals surface area (Å²) in [6.07, 6.45) is 1.33. The minimum atomic E-state index is 0.139. The fraction of sp³-hybridized carbons (Fsp3) is 0.235. The number of aliphatic hydroxyl groups is 1. The molecule has 2 aromatic rings. The summed E-state index contributed by atoms with van der Waals surface area (Å²) in [5, 5.41) is 10.2. The van der Waals surface area contributed by atoms with E-state index in [0.717, 1.165) is 16.7 Å². The molecule has 0 saturated carbocycles. The summed E-state index contributed by atoms with van der Waals surface area (Å²) in [6.45, 7) is 0.901. The van der Waals surface area contributed by atoms with Crippen molar-refractivity contribution in [2.75, 3.05) is 6.61 Å². The third-order valence-corrected chi connectivity index (χ3v) is 3.12. The van der Waals surface area contributed by atoms with E-state index in [2.05, 4.69) is 0 Å². The smallest absolute Gasteiger partial charge is 0.233 e. The van der Waals surface area contributed by atoms with Crippen LogP contribution in [0.25, 0.3) is 0 Å². The molecule has 0 bridgehead atoms. The SMILES string of the molecule is O=CN(Cc1ccc(CCO)cc1)OCc1ccccc1. The zero-order valence-electron chi connectivity index (χ0n) is 11.8. The number of nitrogens with zero attached hydrogens (tertiary/aromatic N) is 1. The van der Waals surface area contributed by atoms with Gasteiger partial charge < -0.3 is 5.11 Å². The van der Waals surface area contributed by atoms with Crippen molar-refractivity contribution in [3.8, 4) is 0 Å². The minimum Gasteiger partial charge on any atom is -0.396 e. The highest BCUT2D eigenvalue weighted by Crippen LogP contribution is 2.09. The molecule has 0 unspecified atom stereocenters. The van der Waals surface area contributed by atoms with Crippen LogP contribution in [0.15, 0.2) is 54.6 Å². The van der Waals surface area contributed by atoms with Crippen LogP contribution in [0.3, 0.4) is 0 Å². The van der Waals surface area contributed by atoms with Gasteiger partial charge in [-0.1, -0.05) is 54.6 Å². The number of aliphatic hydroxyl groups excluding tert-OH is 1. The van der Waals surface area contributed by atoms with Crippen LogP contribution in [0.4, 0.5) is 0 Å². The summed E-state index contributed by atoms with van der Waals surface area (Å²) in [7, 11) is 0. The molecule has 1 N–H and O–H groups in total. The lowest BCUT2D eigenvalue weighted by Gasteiger charge is -2.17. The number of hydrogen-bond acceptors (Lipinski definition) is 3. The van der Waals surface area contributed by atoms with Gasteiger partial charge in [-0.3, -0.25) is 9.63 Å².